The van der Waals surface area contributed by atoms with Crippen LogP contribution >= 0.6 is 0 Å². The molecule has 1 aliphatic carbocycles. The van der Waals surface area contributed by atoms with Crippen LogP contribution < -0.4 is 10.6 Å². The summed E-state index contributed by atoms with van der Waals surface area (Å²) in [7, 11) is 3.91. The smallest absolute Gasteiger partial charge is 0.228 e. The van der Waals surface area contributed by atoms with Crippen molar-refractivity contribution in [1.29, 1.82) is 0 Å². The largest absolute Gasteiger partial charge is 0.378 e. The van der Waals surface area contributed by atoms with Crippen LogP contribution in [0.15, 0.2) is 30.6 Å². The van der Waals surface area contributed by atoms with E-state index < -0.39 is 0 Å². The van der Waals surface area contributed by atoms with E-state index in [0.29, 0.717) is 40.4 Å². The molecule has 0 aromatic carbocycles. The third-order valence-corrected chi connectivity index (χ3v) is 6.71. The minimum absolute atomic E-state index is 0.0167. The Morgan fingerprint density at radius 1 is 1.23 bits per heavy atom. The van der Waals surface area contributed by atoms with Crippen LogP contribution in [0.5, 0.6) is 0 Å². The summed E-state index contributed by atoms with van der Waals surface area (Å²) in [6, 6.07) is 6.17. The van der Waals surface area contributed by atoms with E-state index in [1.165, 1.54) is 0 Å². The van der Waals surface area contributed by atoms with Gasteiger partial charge in [-0.15, -0.1) is 10.2 Å². The molecule has 3 aromatic rings. The fraction of sp³-hybridized carbons (Fsp3) is 0.423. The third-order valence-electron chi connectivity index (χ3n) is 6.71. The maximum absolute atomic E-state index is 12.4. The molecular formula is C26H29N7O2. The van der Waals surface area contributed by atoms with E-state index in [0.717, 1.165) is 43.5 Å². The number of hydrogen-bond donors (Lipinski definition) is 2. The molecule has 1 saturated heterocycles. The first kappa shape index (κ1) is 23.1. The van der Waals surface area contributed by atoms with Crippen LogP contribution in [0.1, 0.15) is 30.2 Å². The van der Waals surface area contributed by atoms with E-state index in [2.05, 4.69) is 67.6 Å². The van der Waals surface area contributed by atoms with Crippen molar-refractivity contribution in [2.24, 2.45) is 11.8 Å². The SMILES string of the molecule is CNc1ncc(C#Cc2ccc(C[C@H]3COCCN3C)cn2)c2cc(NC(=O)[C@H]3C[C@H]3C)nnc12. The highest BCUT2D eigenvalue weighted by molar-refractivity contribution is 5.97. The van der Waals surface area contributed by atoms with Crippen molar-refractivity contribution in [3.63, 3.8) is 0 Å². The molecule has 9 heteroatoms. The number of ether oxygens (including phenoxy) is 1. The normalized spacial score (nSPS) is 21.7. The van der Waals surface area contributed by atoms with Gasteiger partial charge in [0.25, 0.3) is 0 Å². The summed E-state index contributed by atoms with van der Waals surface area (Å²) in [5.41, 5.74) is 3.12. The minimum atomic E-state index is -0.0167. The molecule has 2 N–H and O–H groups in total. The second kappa shape index (κ2) is 9.94. The molecule has 1 aliphatic heterocycles. The lowest BCUT2D eigenvalue weighted by Crippen LogP contribution is -2.43. The number of rotatable bonds is 5. The molecule has 3 atom stereocenters. The predicted octanol–water partition coefficient (Wildman–Crippen LogP) is 2.33. The number of fused-ring (bicyclic) bond motifs is 1. The zero-order chi connectivity index (χ0) is 24.4. The zero-order valence-electron chi connectivity index (χ0n) is 20.2. The van der Waals surface area contributed by atoms with Crippen LogP contribution in [0.25, 0.3) is 10.9 Å². The number of amides is 1. The Labute approximate surface area is 204 Å². The van der Waals surface area contributed by atoms with E-state index in [4.69, 9.17) is 4.74 Å². The van der Waals surface area contributed by atoms with Gasteiger partial charge in [-0.2, -0.15) is 0 Å². The highest BCUT2D eigenvalue weighted by Gasteiger charge is 2.39. The second-order valence-electron chi connectivity index (χ2n) is 9.29. The molecule has 9 nitrogen and oxygen atoms in total. The Morgan fingerprint density at radius 3 is 2.80 bits per heavy atom. The fourth-order valence-electron chi connectivity index (χ4n) is 4.26. The molecule has 2 fully saturated rings. The predicted molar refractivity (Wildman–Crippen MR) is 134 cm³/mol. The van der Waals surface area contributed by atoms with Gasteiger partial charge in [0, 0.05) is 43.3 Å². The lowest BCUT2D eigenvalue weighted by Gasteiger charge is -2.32. The van der Waals surface area contributed by atoms with Gasteiger partial charge in [-0.1, -0.05) is 18.9 Å². The molecule has 0 radical (unpaired) electrons. The molecule has 180 valence electrons. The zero-order valence-corrected chi connectivity index (χ0v) is 20.2. The summed E-state index contributed by atoms with van der Waals surface area (Å²) in [4.78, 5) is 23.7. The Bertz CT molecular complexity index is 1300. The van der Waals surface area contributed by atoms with E-state index >= 15 is 0 Å². The number of morpholine rings is 1. The van der Waals surface area contributed by atoms with Crippen LogP contribution in [0, 0.1) is 23.7 Å². The lowest BCUT2D eigenvalue weighted by atomic mass is 10.1. The molecule has 2 aliphatic rings. The maximum atomic E-state index is 12.4. The fourth-order valence-corrected chi connectivity index (χ4v) is 4.26. The van der Waals surface area contributed by atoms with Crippen molar-refractivity contribution in [3.05, 3.63) is 47.4 Å². The monoisotopic (exact) mass is 471 g/mol. The molecule has 1 amide bonds. The van der Waals surface area contributed by atoms with E-state index in [1.54, 1.807) is 19.3 Å². The minimum Gasteiger partial charge on any atom is -0.378 e. The topological polar surface area (TPSA) is 105 Å². The van der Waals surface area contributed by atoms with Gasteiger partial charge in [-0.25, -0.2) is 9.97 Å². The molecule has 0 spiro atoms. The number of nitrogens with one attached hydrogen (secondary N) is 2. The van der Waals surface area contributed by atoms with Crippen LogP contribution in [0.3, 0.4) is 0 Å². The van der Waals surface area contributed by atoms with Gasteiger partial charge < -0.3 is 15.4 Å². The molecule has 0 bridgehead atoms. The number of carbonyl (C=O) groups excluding carboxylic acids is 1. The summed E-state index contributed by atoms with van der Waals surface area (Å²) in [5.74, 6) is 7.78. The molecular weight excluding hydrogens is 442 g/mol. The number of pyridine rings is 2. The van der Waals surface area contributed by atoms with Gasteiger partial charge in [-0.3, -0.25) is 9.69 Å². The molecule has 1 saturated carbocycles. The van der Waals surface area contributed by atoms with E-state index in [9.17, 15) is 4.79 Å². The van der Waals surface area contributed by atoms with Crippen molar-refractivity contribution in [3.8, 4) is 11.8 Å². The molecule has 3 aromatic heterocycles. The average molecular weight is 472 g/mol. The second-order valence-corrected chi connectivity index (χ2v) is 9.29. The quantitative estimate of drug-likeness (QED) is 0.547. The van der Waals surface area contributed by atoms with Gasteiger partial charge in [0.15, 0.2) is 11.6 Å². The van der Waals surface area contributed by atoms with E-state index in [-0.39, 0.29) is 11.8 Å². The van der Waals surface area contributed by atoms with Crippen molar-refractivity contribution in [2.75, 3.05) is 44.5 Å². The van der Waals surface area contributed by atoms with Crippen LogP contribution in [-0.4, -0.2) is 70.9 Å². The first-order valence-electron chi connectivity index (χ1n) is 11.9. The number of hydrogen-bond acceptors (Lipinski definition) is 8. The average Bonchev–Trinajstić information content (AvgIpc) is 3.61. The van der Waals surface area contributed by atoms with Crippen molar-refractivity contribution in [1.82, 2.24) is 25.1 Å². The van der Waals surface area contributed by atoms with Crippen molar-refractivity contribution >= 4 is 28.4 Å². The van der Waals surface area contributed by atoms with E-state index in [1.807, 2.05) is 12.3 Å². The first-order valence-corrected chi connectivity index (χ1v) is 11.9. The molecule has 0 unspecified atom stereocenters. The summed E-state index contributed by atoms with van der Waals surface area (Å²) < 4.78 is 5.61. The van der Waals surface area contributed by atoms with Crippen LogP contribution in [-0.2, 0) is 16.0 Å². The molecule has 5 rings (SSSR count). The summed E-state index contributed by atoms with van der Waals surface area (Å²) in [6.45, 7) is 4.55. The highest BCUT2D eigenvalue weighted by atomic mass is 16.5. The number of carbonyl (C=O) groups is 1. The Balaban J connectivity index is 1.37. The first-order chi connectivity index (χ1) is 17.0. The van der Waals surface area contributed by atoms with Gasteiger partial charge >= 0.3 is 0 Å². The van der Waals surface area contributed by atoms with Gasteiger partial charge in [-0.05, 0) is 49.4 Å². The summed E-state index contributed by atoms with van der Waals surface area (Å²) >= 11 is 0. The molecule has 35 heavy (non-hydrogen) atoms. The number of anilines is 2. The Kier molecular flexibility index (Phi) is 6.57. The van der Waals surface area contributed by atoms with Crippen LogP contribution in [0.4, 0.5) is 11.6 Å². The van der Waals surface area contributed by atoms with Crippen molar-refractivity contribution < 1.29 is 9.53 Å². The maximum Gasteiger partial charge on any atom is 0.228 e. The van der Waals surface area contributed by atoms with Gasteiger partial charge in [0.2, 0.25) is 5.91 Å². The Morgan fingerprint density at radius 2 is 2.09 bits per heavy atom. The summed E-state index contributed by atoms with van der Waals surface area (Å²) in [5, 5.41) is 15.2. The number of nitrogens with zero attached hydrogens (tertiary/aromatic N) is 5. The standard InChI is InChI=1S/C26H29N7O2/c1-16-10-21(16)26(34)30-23-12-22-18(14-29-25(27-2)24(22)32-31-23)5-7-19-6-4-17(13-28-19)11-20-15-35-9-8-33(20)3/h4,6,12-14,16,20-21H,8-11,15H2,1-3H3,(H,27,29)(H,30,31,34)/t16-,20+,21+/m1/s1. The third kappa shape index (κ3) is 5.24. The number of aromatic nitrogens is 4. The van der Waals surface area contributed by atoms with Crippen molar-refractivity contribution in [2.45, 2.75) is 25.8 Å². The highest BCUT2D eigenvalue weighted by Crippen LogP contribution is 2.38. The molecule has 4 heterocycles. The lowest BCUT2D eigenvalue weighted by molar-refractivity contribution is -0.117. The summed E-state index contributed by atoms with van der Waals surface area (Å²) in [6.07, 6.45) is 5.38. The Hall–Kier alpha value is -3.61. The van der Waals surface area contributed by atoms with Gasteiger partial charge in [0.1, 0.15) is 11.2 Å². The number of likely N-dealkylation sites (N-methyl/N-ethyl adjacent to an activating group) is 1. The van der Waals surface area contributed by atoms with Gasteiger partial charge in [0.05, 0.1) is 18.8 Å². The van der Waals surface area contributed by atoms with Crippen LogP contribution in [0.2, 0.25) is 0 Å².